The molecular weight excluding hydrogens is 242 g/mol. The number of aromatic nitrogens is 2. The van der Waals surface area contributed by atoms with Gasteiger partial charge in [0.25, 0.3) is 0 Å². The maximum Gasteiger partial charge on any atom is 0.231 e. The van der Waals surface area contributed by atoms with Gasteiger partial charge in [-0.1, -0.05) is 24.4 Å². The van der Waals surface area contributed by atoms with Gasteiger partial charge in [0.1, 0.15) is 5.60 Å². The molecule has 0 bridgehead atoms. The van der Waals surface area contributed by atoms with Gasteiger partial charge in [-0.05, 0) is 33.6 Å². The maximum absolute atomic E-state index is 6.23. The number of hydrogen-bond donors (Lipinski definition) is 1. The van der Waals surface area contributed by atoms with E-state index < -0.39 is 5.60 Å². The van der Waals surface area contributed by atoms with Crippen LogP contribution in [0.1, 0.15) is 70.5 Å². The zero-order valence-electron chi connectivity index (χ0n) is 12.2. The van der Waals surface area contributed by atoms with E-state index in [1.54, 1.807) is 0 Å². The largest absolute Gasteiger partial charge is 0.368 e. The van der Waals surface area contributed by atoms with Crippen LogP contribution < -0.4 is 5.73 Å². The van der Waals surface area contributed by atoms with E-state index in [0.29, 0.717) is 18.3 Å². The SMILES string of the molecule is CCOC(C)(C)c1noc(C2CCCCCC2N)n1. The summed E-state index contributed by atoms with van der Waals surface area (Å²) in [6, 6.07) is 0.131. The third-order valence-electron chi connectivity index (χ3n) is 3.87. The molecule has 1 fully saturated rings. The third-order valence-corrected chi connectivity index (χ3v) is 3.87. The summed E-state index contributed by atoms with van der Waals surface area (Å²) in [7, 11) is 0. The van der Waals surface area contributed by atoms with E-state index in [9.17, 15) is 0 Å². The van der Waals surface area contributed by atoms with Gasteiger partial charge >= 0.3 is 0 Å². The van der Waals surface area contributed by atoms with Gasteiger partial charge in [-0.3, -0.25) is 0 Å². The molecular formula is C14H25N3O2. The molecule has 2 N–H and O–H groups in total. The van der Waals surface area contributed by atoms with Gasteiger partial charge in [-0.25, -0.2) is 0 Å². The molecule has 2 rings (SSSR count). The molecule has 5 nitrogen and oxygen atoms in total. The number of ether oxygens (including phenoxy) is 1. The van der Waals surface area contributed by atoms with Crippen molar-refractivity contribution in [1.29, 1.82) is 0 Å². The number of hydrogen-bond acceptors (Lipinski definition) is 5. The molecule has 1 aromatic rings. The Bertz CT molecular complexity index is 403. The van der Waals surface area contributed by atoms with E-state index >= 15 is 0 Å². The molecule has 0 aromatic carbocycles. The van der Waals surface area contributed by atoms with Gasteiger partial charge < -0.3 is 15.0 Å². The summed E-state index contributed by atoms with van der Waals surface area (Å²) in [5.74, 6) is 1.49. The van der Waals surface area contributed by atoms with Crippen molar-refractivity contribution < 1.29 is 9.26 Å². The number of rotatable bonds is 4. The van der Waals surface area contributed by atoms with Crippen LogP contribution in [-0.4, -0.2) is 22.8 Å². The van der Waals surface area contributed by atoms with Gasteiger partial charge in [0.05, 0.1) is 5.92 Å². The lowest BCUT2D eigenvalue weighted by molar-refractivity contribution is -0.0221. The van der Waals surface area contributed by atoms with Gasteiger partial charge in [0, 0.05) is 12.6 Å². The lowest BCUT2D eigenvalue weighted by Crippen LogP contribution is -2.28. The fourth-order valence-corrected chi connectivity index (χ4v) is 2.70. The highest BCUT2D eigenvalue weighted by Crippen LogP contribution is 2.31. The van der Waals surface area contributed by atoms with Crippen molar-refractivity contribution in [2.45, 2.75) is 70.4 Å². The van der Waals surface area contributed by atoms with Crippen LogP contribution in [0.3, 0.4) is 0 Å². The molecule has 2 unspecified atom stereocenters. The molecule has 1 aliphatic carbocycles. The summed E-state index contributed by atoms with van der Waals surface area (Å²) >= 11 is 0. The Balaban J connectivity index is 2.15. The quantitative estimate of drug-likeness (QED) is 0.849. The average molecular weight is 267 g/mol. The topological polar surface area (TPSA) is 74.2 Å². The van der Waals surface area contributed by atoms with Crippen molar-refractivity contribution in [2.24, 2.45) is 5.73 Å². The van der Waals surface area contributed by atoms with Crippen LogP contribution in [0.15, 0.2) is 4.52 Å². The first-order chi connectivity index (χ1) is 9.04. The number of nitrogens with zero attached hydrogens (tertiary/aromatic N) is 2. The van der Waals surface area contributed by atoms with Crippen LogP contribution in [0, 0.1) is 0 Å². The molecule has 5 heteroatoms. The van der Waals surface area contributed by atoms with Crippen molar-refractivity contribution in [3.63, 3.8) is 0 Å². The van der Waals surface area contributed by atoms with Crippen LogP contribution in [0.2, 0.25) is 0 Å². The smallest absolute Gasteiger partial charge is 0.231 e. The Labute approximate surface area is 114 Å². The fraction of sp³-hybridized carbons (Fsp3) is 0.857. The second kappa shape index (κ2) is 6.01. The van der Waals surface area contributed by atoms with E-state index in [4.69, 9.17) is 15.0 Å². The minimum absolute atomic E-state index is 0.131. The molecule has 0 amide bonds. The van der Waals surface area contributed by atoms with Crippen LogP contribution in [0.5, 0.6) is 0 Å². The predicted octanol–water partition coefficient (Wildman–Crippen LogP) is 2.72. The van der Waals surface area contributed by atoms with E-state index in [1.807, 2.05) is 20.8 Å². The van der Waals surface area contributed by atoms with Crippen LogP contribution >= 0.6 is 0 Å². The van der Waals surface area contributed by atoms with Gasteiger partial charge in [-0.15, -0.1) is 0 Å². The van der Waals surface area contributed by atoms with Crippen molar-refractivity contribution >= 4 is 0 Å². The molecule has 19 heavy (non-hydrogen) atoms. The molecule has 0 aliphatic heterocycles. The highest BCUT2D eigenvalue weighted by molar-refractivity contribution is 5.03. The summed E-state index contributed by atoms with van der Waals surface area (Å²) in [6.07, 6.45) is 5.71. The highest BCUT2D eigenvalue weighted by atomic mass is 16.5. The molecule has 0 spiro atoms. The molecule has 2 atom stereocenters. The minimum Gasteiger partial charge on any atom is -0.368 e. The first kappa shape index (κ1) is 14.5. The summed E-state index contributed by atoms with van der Waals surface area (Å²) in [5.41, 5.74) is 5.72. The lowest BCUT2D eigenvalue weighted by atomic mass is 9.95. The lowest BCUT2D eigenvalue weighted by Gasteiger charge is -2.20. The van der Waals surface area contributed by atoms with E-state index in [0.717, 1.165) is 12.8 Å². The molecule has 1 heterocycles. The second-order valence-corrected chi connectivity index (χ2v) is 5.81. The molecule has 0 saturated heterocycles. The summed E-state index contributed by atoms with van der Waals surface area (Å²) < 4.78 is 11.1. The Kier molecular flexibility index (Phi) is 4.58. The van der Waals surface area contributed by atoms with Gasteiger partial charge in [-0.2, -0.15) is 4.98 Å². The molecule has 1 aliphatic rings. The summed E-state index contributed by atoms with van der Waals surface area (Å²) in [5, 5.41) is 4.08. The standard InChI is InChI=1S/C14H25N3O2/c1-4-18-14(2,3)13-16-12(19-17-13)10-8-6-5-7-9-11(10)15/h10-11H,4-9,15H2,1-3H3. The van der Waals surface area contributed by atoms with Crippen LogP contribution in [0.4, 0.5) is 0 Å². The average Bonchev–Trinajstić information content (AvgIpc) is 2.74. The van der Waals surface area contributed by atoms with Crippen molar-refractivity contribution in [1.82, 2.24) is 10.1 Å². The van der Waals surface area contributed by atoms with Gasteiger partial charge in [0.2, 0.25) is 11.7 Å². The third kappa shape index (κ3) is 3.34. The second-order valence-electron chi connectivity index (χ2n) is 5.81. The maximum atomic E-state index is 6.23. The van der Waals surface area contributed by atoms with E-state index in [1.165, 1.54) is 19.3 Å². The van der Waals surface area contributed by atoms with Gasteiger partial charge in [0.15, 0.2) is 0 Å². The van der Waals surface area contributed by atoms with Crippen molar-refractivity contribution in [2.75, 3.05) is 6.61 Å². The predicted molar refractivity (Wildman–Crippen MR) is 72.8 cm³/mol. The van der Waals surface area contributed by atoms with Crippen molar-refractivity contribution in [3.8, 4) is 0 Å². The Morgan fingerprint density at radius 2 is 2.05 bits per heavy atom. The Hall–Kier alpha value is -0.940. The normalized spacial score (nSPS) is 25.3. The molecule has 0 radical (unpaired) electrons. The van der Waals surface area contributed by atoms with Crippen molar-refractivity contribution in [3.05, 3.63) is 11.7 Å². The Morgan fingerprint density at radius 1 is 1.32 bits per heavy atom. The van der Waals surface area contributed by atoms with Crippen LogP contribution in [-0.2, 0) is 10.3 Å². The number of nitrogens with two attached hydrogens (primary N) is 1. The zero-order chi connectivity index (χ0) is 13.9. The first-order valence-electron chi connectivity index (χ1n) is 7.28. The minimum atomic E-state index is -0.509. The summed E-state index contributed by atoms with van der Waals surface area (Å²) in [4.78, 5) is 4.53. The molecule has 1 aromatic heterocycles. The monoisotopic (exact) mass is 267 g/mol. The van der Waals surface area contributed by atoms with E-state index in [2.05, 4.69) is 10.1 Å². The highest BCUT2D eigenvalue weighted by Gasteiger charge is 2.31. The molecule has 1 saturated carbocycles. The Morgan fingerprint density at radius 3 is 2.79 bits per heavy atom. The first-order valence-corrected chi connectivity index (χ1v) is 7.28. The summed E-state index contributed by atoms with van der Waals surface area (Å²) in [6.45, 7) is 6.50. The van der Waals surface area contributed by atoms with Crippen LogP contribution in [0.25, 0.3) is 0 Å². The fourth-order valence-electron chi connectivity index (χ4n) is 2.70. The molecule has 108 valence electrons. The zero-order valence-corrected chi connectivity index (χ0v) is 12.2. The van der Waals surface area contributed by atoms with E-state index in [-0.39, 0.29) is 12.0 Å².